The lowest BCUT2D eigenvalue weighted by molar-refractivity contribution is -0.129. The maximum atomic E-state index is 12.6. The summed E-state index contributed by atoms with van der Waals surface area (Å²) < 4.78 is 10.4. The van der Waals surface area contributed by atoms with Crippen LogP contribution in [0.2, 0.25) is 0 Å². The van der Waals surface area contributed by atoms with E-state index in [0.717, 1.165) is 5.56 Å². The number of carbonyl (C=O) groups is 2. The van der Waals surface area contributed by atoms with Crippen LogP contribution in [0.4, 0.5) is 5.69 Å². The van der Waals surface area contributed by atoms with Crippen molar-refractivity contribution < 1.29 is 19.1 Å². The van der Waals surface area contributed by atoms with Crippen molar-refractivity contribution in [3.05, 3.63) is 54.1 Å². The molecule has 0 atom stereocenters. The van der Waals surface area contributed by atoms with Gasteiger partial charge in [-0.15, -0.1) is 0 Å². The number of anilines is 1. The lowest BCUT2D eigenvalue weighted by Gasteiger charge is -2.30. The molecule has 1 aliphatic rings. The average Bonchev–Trinajstić information content (AvgIpc) is 2.61. The quantitative estimate of drug-likeness (QED) is 0.810. The van der Waals surface area contributed by atoms with Crippen molar-refractivity contribution in [3.8, 4) is 11.5 Å². The van der Waals surface area contributed by atoms with Crippen LogP contribution in [0.1, 0.15) is 24.3 Å². The molecule has 24 heavy (non-hydrogen) atoms. The molecule has 1 heterocycles. The average molecular weight is 325 g/mol. The standard InChI is InChI=1S/C19H19NO4/c1-23-16-10-15(11-17(12-16)24-2)20-18(21)8-14(9-19(20)22)13-6-4-3-5-7-13/h3-7,10-12,14H,8-9H2,1-2H3. The molecule has 0 aliphatic carbocycles. The number of amides is 2. The molecule has 0 radical (unpaired) electrons. The van der Waals surface area contributed by atoms with Gasteiger partial charge in [-0.2, -0.15) is 0 Å². The molecular weight excluding hydrogens is 306 g/mol. The third-order valence-electron chi connectivity index (χ3n) is 4.21. The Bertz CT molecular complexity index is 717. The van der Waals surface area contributed by atoms with Gasteiger partial charge >= 0.3 is 0 Å². The summed E-state index contributed by atoms with van der Waals surface area (Å²) in [6.45, 7) is 0. The van der Waals surface area contributed by atoms with Gasteiger partial charge in [0.15, 0.2) is 0 Å². The van der Waals surface area contributed by atoms with Gasteiger partial charge in [0.2, 0.25) is 11.8 Å². The number of piperidine rings is 1. The summed E-state index contributed by atoms with van der Waals surface area (Å²) in [5.41, 5.74) is 1.50. The van der Waals surface area contributed by atoms with Crippen molar-refractivity contribution in [2.45, 2.75) is 18.8 Å². The number of methoxy groups -OCH3 is 2. The van der Waals surface area contributed by atoms with Crippen molar-refractivity contribution in [1.29, 1.82) is 0 Å². The van der Waals surface area contributed by atoms with Crippen molar-refractivity contribution in [1.82, 2.24) is 0 Å². The Hall–Kier alpha value is -2.82. The number of hydrogen-bond donors (Lipinski definition) is 0. The molecule has 0 unspecified atom stereocenters. The molecule has 1 fully saturated rings. The maximum Gasteiger partial charge on any atom is 0.234 e. The summed E-state index contributed by atoms with van der Waals surface area (Å²) in [5.74, 6) is 0.575. The molecule has 2 aromatic rings. The van der Waals surface area contributed by atoms with Crippen molar-refractivity contribution in [3.63, 3.8) is 0 Å². The maximum absolute atomic E-state index is 12.6. The predicted molar refractivity (Wildman–Crippen MR) is 90.5 cm³/mol. The highest BCUT2D eigenvalue weighted by atomic mass is 16.5. The van der Waals surface area contributed by atoms with Gasteiger partial charge in [-0.1, -0.05) is 30.3 Å². The summed E-state index contributed by atoms with van der Waals surface area (Å²) in [7, 11) is 3.06. The van der Waals surface area contributed by atoms with Crippen LogP contribution in [0.25, 0.3) is 0 Å². The Morgan fingerprint density at radius 2 is 1.42 bits per heavy atom. The van der Waals surface area contributed by atoms with E-state index in [2.05, 4.69) is 0 Å². The van der Waals surface area contributed by atoms with Crippen molar-refractivity contribution >= 4 is 17.5 Å². The number of nitrogens with zero attached hydrogens (tertiary/aromatic N) is 1. The fourth-order valence-electron chi connectivity index (χ4n) is 2.99. The number of benzene rings is 2. The Balaban J connectivity index is 1.89. The Morgan fingerprint density at radius 1 is 0.875 bits per heavy atom. The monoisotopic (exact) mass is 325 g/mol. The number of ether oxygens (including phenoxy) is 2. The SMILES string of the molecule is COc1cc(OC)cc(N2C(=O)CC(c3ccccc3)CC2=O)c1. The normalized spacial score (nSPS) is 15.5. The van der Waals surface area contributed by atoms with Crippen LogP contribution in [-0.4, -0.2) is 26.0 Å². The van der Waals surface area contributed by atoms with E-state index in [0.29, 0.717) is 30.0 Å². The third-order valence-corrected chi connectivity index (χ3v) is 4.21. The molecule has 5 nitrogen and oxygen atoms in total. The van der Waals surface area contributed by atoms with Gasteiger partial charge in [-0.3, -0.25) is 14.5 Å². The summed E-state index contributed by atoms with van der Waals surface area (Å²) in [6.07, 6.45) is 0.602. The van der Waals surface area contributed by atoms with E-state index in [9.17, 15) is 9.59 Å². The number of rotatable bonds is 4. The summed E-state index contributed by atoms with van der Waals surface area (Å²) >= 11 is 0. The van der Waals surface area contributed by atoms with Crippen LogP contribution < -0.4 is 14.4 Å². The fourth-order valence-corrected chi connectivity index (χ4v) is 2.99. The summed E-state index contributed by atoms with van der Waals surface area (Å²) in [5, 5.41) is 0. The largest absolute Gasteiger partial charge is 0.497 e. The van der Waals surface area contributed by atoms with Gasteiger partial charge in [-0.05, 0) is 5.56 Å². The van der Waals surface area contributed by atoms with Crippen LogP contribution >= 0.6 is 0 Å². The van der Waals surface area contributed by atoms with E-state index < -0.39 is 0 Å². The van der Waals surface area contributed by atoms with E-state index >= 15 is 0 Å². The highest BCUT2D eigenvalue weighted by Crippen LogP contribution is 2.35. The minimum Gasteiger partial charge on any atom is -0.497 e. The molecule has 124 valence electrons. The lowest BCUT2D eigenvalue weighted by Crippen LogP contribution is -2.42. The van der Waals surface area contributed by atoms with E-state index in [1.165, 1.54) is 19.1 Å². The highest BCUT2D eigenvalue weighted by molar-refractivity contribution is 6.17. The first kappa shape index (κ1) is 16.1. The Labute approximate surface area is 140 Å². The zero-order chi connectivity index (χ0) is 17.1. The summed E-state index contributed by atoms with van der Waals surface area (Å²) in [6, 6.07) is 14.7. The third kappa shape index (κ3) is 3.11. The molecule has 1 saturated heterocycles. The second-order valence-electron chi connectivity index (χ2n) is 5.71. The molecule has 1 aliphatic heterocycles. The van der Waals surface area contributed by atoms with Gasteiger partial charge < -0.3 is 9.47 Å². The Kier molecular flexibility index (Phi) is 4.51. The smallest absolute Gasteiger partial charge is 0.234 e. The van der Waals surface area contributed by atoms with Crippen molar-refractivity contribution in [2.75, 3.05) is 19.1 Å². The predicted octanol–water partition coefficient (Wildman–Crippen LogP) is 3.14. The van der Waals surface area contributed by atoms with Gasteiger partial charge in [-0.25, -0.2) is 0 Å². The first-order valence-electron chi connectivity index (χ1n) is 7.76. The molecule has 0 spiro atoms. The first-order chi connectivity index (χ1) is 11.6. The molecule has 0 bridgehead atoms. The van der Waals surface area contributed by atoms with Crippen LogP contribution in [-0.2, 0) is 9.59 Å². The Morgan fingerprint density at radius 3 is 1.92 bits per heavy atom. The van der Waals surface area contributed by atoms with E-state index in [1.807, 2.05) is 30.3 Å². The zero-order valence-electron chi connectivity index (χ0n) is 13.7. The molecule has 5 heteroatoms. The molecule has 2 amide bonds. The first-order valence-corrected chi connectivity index (χ1v) is 7.76. The van der Waals surface area contributed by atoms with Crippen LogP contribution in [0.15, 0.2) is 48.5 Å². The molecule has 0 saturated carbocycles. The second kappa shape index (κ2) is 6.74. The zero-order valence-corrected chi connectivity index (χ0v) is 13.7. The van der Waals surface area contributed by atoms with E-state index in [1.54, 1.807) is 18.2 Å². The molecule has 2 aromatic carbocycles. The van der Waals surface area contributed by atoms with E-state index in [-0.39, 0.29) is 17.7 Å². The second-order valence-corrected chi connectivity index (χ2v) is 5.71. The number of hydrogen-bond acceptors (Lipinski definition) is 4. The summed E-state index contributed by atoms with van der Waals surface area (Å²) in [4.78, 5) is 26.4. The number of carbonyl (C=O) groups excluding carboxylic acids is 2. The fraction of sp³-hybridized carbons (Fsp3) is 0.263. The minimum absolute atomic E-state index is 0.0741. The minimum atomic E-state index is -0.213. The van der Waals surface area contributed by atoms with Crippen LogP contribution in [0, 0.1) is 0 Å². The molecule has 0 N–H and O–H groups in total. The van der Waals surface area contributed by atoms with Gasteiger partial charge in [0.25, 0.3) is 0 Å². The van der Waals surface area contributed by atoms with Gasteiger partial charge in [0.1, 0.15) is 11.5 Å². The molecular formula is C19H19NO4. The lowest BCUT2D eigenvalue weighted by atomic mass is 9.88. The topological polar surface area (TPSA) is 55.8 Å². The van der Waals surface area contributed by atoms with Crippen LogP contribution in [0.5, 0.6) is 11.5 Å². The van der Waals surface area contributed by atoms with E-state index in [4.69, 9.17) is 9.47 Å². The molecule has 3 rings (SSSR count). The van der Waals surface area contributed by atoms with Crippen molar-refractivity contribution in [2.24, 2.45) is 0 Å². The van der Waals surface area contributed by atoms with Gasteiger partial charge in [0.05, 0.1) is 19.9 Å². The number of imide groups is 1. The molecule has 0 aromatic heterocycles. The van der Waals surface area contributed by atoms with Gasteiger partial charge in [0, 0.05) is 37.0 Å². The highest BCUT2D eigenvalue weighted by Gasteiger charge is 2.34. The van der Waals surface area contributed by atoms with Crippen LogP contribution in [0.3, 0.4) is 0 Å².